The van der Waals surface area contributed by atoms with Crippen LogP contribution >= 0.6 is 0 Å². The molecular weight excluding hydrogens is 293 g/mol. The third-order valence-corrected chi connectivity index (χ3v) is 3.70. The number of ether oxygens (including phenoxy) is 1. The summed E-state index contributed by atoms with van der Waals surface area (Å²) < 4.78 is 43.8. The van der Waals surface area contributed by atoms with E-state index >= 15 is 0 Å². The van der Waals surface area contributed by atoms with Crippen LogP contribution in [0.15, 0.2) is 18.2 Å². The number of halogens is 3. The molecule has 0 bridgehead atoms. The summed E-state index contributed by atoms with van der Waals surface area (Å²) in [5.74, 6) is 0.455. The number of benzene rings is 1. The van der Waals surface area contributed by atoms with Crippen LogP contribution in [-0.4, -0.2) is 18.8 Å². The van der Waals surface area contributed by atoms with Crippen LogP contribution in [0.2, 0.25) is 0 Å². The molecule has 1 aromatic rings. The highest BCUT2D eigenvalue weighted by Crippen LogP contribution is 2.34. The van der Waals surface area contributed by atoms with Crippen LogP contribution in [0, 0.1) is 17.2 Å². The number of hydrogen-bond donors (Lipinski definition) is 1. The molecule has 0 heterocycles. The second-order valence-corrected chi connectivity index (χ2v) is 5.90. The smallest absolute Gasteiger partial charge is 0.385 e. The molecule has 1 saturated carbocycles. The van der Waals surface area contributed by atoms with Crippen molar-refractivity contribution < 1.29 is 17.9 Å². The van der Waals surface area contributed by atoms with E-state index in [4.69, 9.17) is 10.00 Å². The van der Waals surface area contributed by atoms with Crippen molar-refractivity contribution in [3.63, 3.8) is 0 Å². The molecule has 1 aliphatic carbocycles. The molecule has 6 heteroatoms. The van der Waals surface area contributed by atoms with E-state index in [2.05, 4.69) is 5.32 Å². The van der Waals surface area contributed by atoms with Gasteiger partial charge in [-0.15, -0.1) is 0 Å². The third kappa shape index (κ3) is 4.14. The number of nitrogens with one attached hydrogen (secondary N) is 1. The maximum atomic E-state index is 12.7. The lowest BCUT2D eigenvalue weighted by Gasteiger charge is -2.36. The van der Waals surface area contributed by atoms with E-state index < -0.39 is 11.7 Å². The molecule has 0 spiro atoms. The summed E-state index contributed by atoms with van der Waals surface area (Å²) in [4.78, 5) is 0. The molecule has 1 N–H and O–H groups in total. The van der Waals surface area contributed by atoms with Crippen LogP contribution in [0.1, 0.15) is 37.8 Å². The fourth-order valence-corrected chi connectivity index (χ4v) is 2.59. The Kier molecular flexibility index (Phi) is 4.97. The molecule has 0 radical (unpaired) electrons. The van der Waals surface area contributed by atoms with Crippen LogP contribution in [0.5, 0.6) is 0 Å². The molecule has 0 amide bonds. The fourth-order valence-electron chi connectivity index (χ4n) is 2.59. The zero-order valence-electron chi connectivity index (χ0n) is 12.6. The van der Waals surface area contributed by atoms with Gasteiger partial charge in [-0.2, -0.15) is 18.4 Å². The van der Waals surface area contributed by atoms with Crippen LogP contribution in [0.25, 0.3) is 0 Å². The van der Waals surface area contributed by atoms with Gasteiger partial charge in [-0.25, -0.2) is 0 Å². The largest absolute Gasteiger partial charge is 0.417 e. The zero-order valence-corrected chi connectivity index (χ0v) is 12.6. The average Bonchev–Trinajstić information content (AvgIpc) is 2.39. The number of nitrogens with zero attached hydrogens (tertiary/aromatic N) is 1. The van der Waals surface area contributed by atoms with Crippen LogP contribution < -0.4 is 5.32 Å². The van der Waals surface area contributed by atoms with Crippen LogP contribution in [-0.2, 0) is 10.9 Å². The molecule has 120 valence electrons. The van der Waals surface area contributed by atoms with Crippen LogP contribution in [0.4, 0.5) is 18.9 Å². The Morgan fingerprint density at radius 1 is 1.36 bits per heavy atom. The van der Waals surface area contributed by atoms with Gasteiger partial charge in [0.15, 0.2) is 0 Å². The van der Waals surface area contributed by atoms with Crippen molar-refractivity contribution in [3.05, 3.63) is 29.3 Å². The summed E-state index contributed by atoms with van der Waals surface area (Å²) in [5.41, 5.74) is -0.709. The number of alkyl halides is 3. The second kappa shape index (κ2) is 6.57. The highest BCUT2D eigenvalue weighted by Gasteiger charge is 2.34. The molecule has 0 aliphatic heterocycles. The van der Waals surface area contributed by atoms with Gasteiger partial charge >= 0.3 is 6.18 Å². The van der Waals surface area contributed by atoms with Gasteiger partial charge in [-0.05, 0) is 50.8 Å². The molecule has 3 nitrogen and oxygen atoms in total. The lowest BCUT2D eigenvalue weighted by Crippen LogP contribution is -2.36. The molecule has 0 unspecified atom stereocenters. The maximum absolute atomic E-state index is 12.7. The standard InChI is InChI=1S/C16H19F3N2O/c1-10(2)22-14-5-11(6-14)9-21-13-3-4-15(16(17,18)19)12(7-13)8-20/h3-4,7,10-11,14,21H,5-6,9H2,1-2H3. The SMILES string of the molecule is CC(C)OC1CC(CNc2ccc(C(F)(F)F)c(C#N)c2)C1. The van der Waals surface area contributed by atoms with Crippen molar-refractivity contribution in [2.24, 2.45) is 5.92 Å². The predicted octanol–water partition coefficient (Wildman–Crippen LogP) is 4.19. The van der Waals surface area contributed by atoms with Gasteiger partial charge in [0.05, 0.1) is 29.4 Å². The van der Waals surface area contributed by atoms with Gasteiger partial charge in [0, 0.05) is 12.2 Å². The molecule has 1 aliphatic rings. The summed E-state index contributed by atoms with van der Waals surface area (Å²) in [6.45, 7) is 4.67. The van der Waals surface area contributed by atoms with Crippen molar-refractivity contribution >= 4 is 5.69 Å². The minimum atomic E-state index is -4.50. The highest BCUT2D eigenvalue weighted by molar-refractivity contribution is 5.53. The van der Waals surface area contributed by atoms with Gasteiger partial charge < -0.3 is 10.1 Å². The maximum Gasteiger partial charge on any atom is 0.417 e. The predicted molar refractivity (Wildman–Crippen MR) is 77.4 cm³/mol. The second-order valence-electron chi connectivity index (χ2n) is 5.90. The first-order valence-electron chi connectivity index (χ1n) is 7.30. The quantitative estimate of drug-likeness (QED) is 0.886. The molecule has 0 saturated heterocycles. The minimum absolute atomic E-state index is 0.215. The average molecular weight is 312 g/mol. The molecule has 0 aromatic heterocycles. The zero-order chi connectivity index (χ0) is 16.3. The fraction of sp³-hybridized carbons (Fsp3) is 0.562. The number of hydrogen-bond acceptors (Lipinski definition) is 3. The summed E-state index contributed by atoms with van der Waals surface area (Å²) in [7, 11) is 0. The van der Waals surface area contributed by atoms with Crippen molar-refractivity contribution in [2.75, 3.05) is 11.9 Å². The normalized spacial score (nSPS) is 21.3. The molecule has 22 heavy (non-hydrogen) atoms. The van der Waals surface area contributed by atoms with Crippen molar-refractivity contribution in [2.45, 2.75) is 45.1 Å². The number of anilines is 1. The minimum Gasteiger partial charge on any atom is -0.385 e. The summed E-state index contributed by atoms with van der Waals surface area (Å²) in [6.07, 6.45) is -2.09. The Morgan fingerprint density at radius 2 is 2.05 bits per heavy atom. The van der Waals surface area contributed by atoms with E-state index in [1.807, 2.05) is 13.8 Å². The van der Waals surface area contributed by atoms with E-state index in [9.17, 15) is 13.2 Å². The Hall–Kier alpha value is -1.74. The lowest BCUT2D eigenvalue weighted by molar-refractivity contribution is -0.137. The molecular formula is C16H19F3N2O. The van der Waals surface area contributed by atoms with Gasteiger partial charge in [0.1, 0.15) is 0 Å². The van der Waals surface area contributed by atoms with Crippen LogP contribution in [0.3, 0.4) is 0 Å². The Morgan fingerprint density at radius 3 is 2.59 bits per heavy atom. The third-order valence-electron chi connectivity index (χ3n) is 3.70. The topological polar surface area (TPSA) is 45.0 Å². The monoisotopic (exact) mass is 312 g/mol. The summed E-state index contributed by atoms with van der Waals surface area (Å²) >= 11 is 0. The number of nitriles is 1. The first kappa shape index (κ1) is 16.6. The van der Waals surface area contributed by atoms with E-state index in [1.165, 1.54) is 12.1 Å². The molecule has 1 aromatic carbocycles. The summed E-state index contributed by atoms with van der Waals surface area (Å²) in [6, 6.07) is 5.18. The summed E-state index contributed by atoms with van der Waals surface area (Å²) in [5, 5.41) is 12.0. The first-order chi connectivity index (χ1) is 10.3. The molecule has 0 atom stereocenters. The van der Waals surface area contributed by atoms with Crippen molar-refractivity contribution in [1.82, 2.24) is 0 Å². The Bertz CT molecular complexity index is 557. The lowest BCUT2D eigenvalue weighted by atomic mass is 9.82. The van der Waals surface area contributed by atoms with Crippen molar-refractivity contribution in [1.29, 1.82) is 5.26 Å². The van der Waals surface area contributed by atoms with E-state index in [0.29, 0.717) is 18.2 Å². The van der Waals surface area contributed by atoms with Gasteiger partial charge in [0.25, 0.3) is 0 Å². The van der Waals surface area contributed by atoms with Gasteiger partial charge in [-0.3, -0.25) is 0 Å². The van der Waals surface area contributed by atoms with E-state index in [1.54, 1.807) is 6.07 Å². The highest BCUT2D eigenvalue weighted by atomic mass is 19.4. The number of rotatable bonds is 5. The van der Waals surface area contributed by atoms with Gasteiger partial charge in [-0.1, -0.05) is 0 Å². The molecule has 2 rings (SSSR count). The van der Waals surface area contributed by atoms with E-state index in [0.717, 1.165) is 18.9 Å². The Balaban J connectivity index is 1.89. The van der Waals surface area contributed by atoms with Gasteiger partial charge in [0.2, 0.25) is 0 Å². The first-order valence-corrected chi connectivity index (χ1v) is 7.30. The molecule has 1 fully saturated rings. The van der Waals surface area contributed by atoms with E-state index in [-0.39, 0.29) is 17.8 Å². The van der Waals surface area contributed by atoms with Crippen molar-refractivity contribution in [3.8, 4) is 6.07 Å². The Labute approximate surface area is 128 Å².